The van der Waals surface area contributed by atoms with Crippen LogP contribution in [0.5, 0.6) is 11.5 Å². The highest BCUT2D eigenvalue weighted by atomic mass is 31.2. The Morgan fingerprint density at radius 3 is 1.94 bits per heavy atom. The first kappa shape index (κ1) is 39.3. The fraction of sp³-hybridized carbons (Fsp3) is 0.390. The number of methoxy groups -OCH3 is 2. The van der Waals surface area contributed by atoms with Crippen molar-refractivity contribution in [2.75, 3.05) is 27.4 Å². The van der Waals surface area contributed by atoms with Crippen LogP contribution in [0.1, 0.15) is 68.9 Å². The Hall–Kier alpha value is -3.94. The van der Waals surface area contributed by atoms with Gasteiger partial charge in [-0.15, -0.1) is 0 Å². The Balaban J connectivity index is 1.59. The van der Waals surface area contributed by atoms with Crippen molar-refractivity contribution in [2.24, 2.45) is 0 Å². The van der Waals surface area contributed by atoms with E-state index in [9.17, 15) is 9.65 Å². The van der Waals surface area contributed by atoms with Crippen LogP contribution >= 0.6 is 8.53 Å². The molecule has 4 aromatic carbocycles. The lowest BCUT2D eigenvalue weighted by molar-refractivity contribution is -0.0810. The Morgan fingerprint density at radius 1 is 0.827 bits per heavy atom. The van der Waals surface area contributed by atoms with Crippen LogP contribution in [0.3, 0.4) is 0 Å². The Kier molecular flexibility index (Phi) is 13.7. The van der Waals surface area contributed by atoms with Crippen LogP contribution in [0.25, 0.3) is 0 Å². The second kappa shape index (κ2) is 18.2. The zero-order chi connectivity index (χ0) is 37.3. The average Bonchev–Trinajstić information content (AvgIpc) is 3.55. The van der Waals surface area contributed by atoms with E-state index in [4.69, 9.17) is 28.0 Å². The zero-order valence-electron chi connectivity index (χ0n) is 30.5. The lowest BCUT2D eigenvalue weighted by atomic mass is 9.80. The lowest BCUT2D eigenvalue weighted by Gasteiger charge is -2.39. The van der Waals surface area contributed by atoms with Crippen LogP contribution in [0.4, 0.5) is 8.78 Å². The highest BCUT2D eigenvalue weighted by molar-refractivity contribution is 7.44. The first-order chi connectivity index (χ1) is 25.1. The molecular formula is C41H47F2N2O6P. The second-order valence-corrected chi connectivity index (χ2v) is 14.5. The topological polar surface area (TPSA) is 82.4 Å². The molecule has 0 radical (unpaired) electrons. The first-order valence-electron chi connectivity index (χ1n) is 17.5. The number of rotatable bonds is 17. The summed E-state index contributed by atoms with van der Waals surface area (Å²) in [6.07, 6.45) is -1.76. The molecule has 1 heterocycles. The minimum atomic E-state index is -1.68. The lowest BCUT2D eigenvalue weighted by Crippen LogP contribution is -2.39. The molecule has 1 unspecified atom stereocenters. The van der Waals surface area contributed by atoms with Crippen molar-refractivity contribution in [3.63, 3.8) is 0 Å². The third-order valence-corrected chi connectivity index (χ3v) is 11.2. The second-order valence-electron chi connectivity index (χ2n) is 13.0. The van der Waals surface area contributed by atoms with Crippen molar-refractivity contribution in [2.45, 2.75) is 76.5 Å². The Morgan fingerprint density at radius 2 is 1.40 bits per heavy atom. The van der Waals surface area contributed by atoms with Gasteiger partial charge in [-0.25, -0.2) is 13.5 Å². The average molecular weight is 733 g/mol. The zero-order valence-corrected chi connectivity index (χ0v) is 31.4. The molecule has 0 aromatic heterocycles. The van der Waals surface area contributed by atoms with Gasteiger partial charge in [0, 0.05) is 24.1 Å². The highest BCUT2D eigenvalue weighted by Gasteiger charge is 2.45. The molecule has 0 aliphatic carbocycles. The molecule has 11 heteroatoms. The van der Waals surface area contributed by atoms with Crippen molar-refractivity contribution in [3.05, 3.63) is 131 Å². The Labute approximate surface area is 307 Å². The summed E-state index contributed by atoms with van der Waals surface area (Å²) in [4.78, 5) is 0. The van der Waals surface area contributed by atoms with E-state index >= 15 is 4.39 Å². The van der Waals surface area contributed by atoms with E-state index in [1.807, 2.05) is 78.9 Å². The van der Waals surface area contributed by atoms with Crippen LogP contribution < -0.4 is 9.47 Å². The fourth-order valence-electron chi connectivity index (χ4n) is 6.64. The van der Waals surface area contributed by atoms with Gasteiger partial charge in [-0.1, -0.05) is 66.7 Å². The molecule has 0 amide bonds. The Bertz CT molecular complexity index is 1700. The predicted octanol–water partition coefficient (Wildman–Crippen LogP) is 9.48. The number of hydrogen-bond acceptors (Lipinski definition) is 8. The van der Waals surface area contributed by atoms with E-state index in [2.05, 4.69) is 38.4 Å². The molecule has 4 atom stereocenters. The molecule has 1 aliphatic rings. The third kappa shape index (κ3) is 8.80. The first-order valence-corrected chi connectivity index (χ1v) is 18.6. The molecule has 52 heavy (non-hydrogen) atoms. The number of nitriles is 1. The van der Waals surface area contributed by atoms with Crippen LogP contribution in [0.2, 0.25) is 0 Å². The number of benzene rings is 4. The molecule has 4 aromatic rings. The summed E-state index contributed by atoms with van der Waals surface area (Å²) in [7, 11) is 1.55. The van der Waals surface area contributed by atoms with Gasteiger partial charge in [0.05, 0.1) is 52.1 Å². The van der Waals surface area contributed by atoms with Gasteiger partial charge in [-0.3, -0.25) is 0 Å². The molecule has 276 valence electrons. The van der Waals surface area contributed by atoms with Crippen molar-refractivity contribution in [3.8, 4) is 17.6 Å². The van der Waals surface area contributed by atoms with Crippen LogP contribution in [-0.4, -0.2) is 56.4 Å². The summed E-state index contributed by atoms with van der Waals surface area (Å²) < 4.78 is 69.7. The maximum absolute atomic E-state index is 15.3. The summed E-state index contributed by atoms with van der Waals surface area (Å²) in [5, 5.41) is 9.26. The maximum Gasteiger partial charge on any atom is 0.259 e. The van der Waals surface area contributed by atoms with Gasteiger partial charge in [0.25, 0.3) is 8.53 Å². The van der Waals surface area contributed by atoms with Gasteiger partial charge in [-0.2, -0.15) is 5.26 Å². The quantitative estimate of drug-likeness (QED) is 0.0604. The fourth-order valence-corrected chi connectivity index (χ4v) is 8.39. The highest BCUT2D eigenvalue weighted by Crippen LogP contribution is 2.51. The van der Waals surface area contributed by atoms with E-state index in [1.54, 1.807) is 14.2 Å². The van der Waals surface area contributed by atoms with Crippen molar-refractivity contribution >= 4 is 8.53 Å². The molecule has 0 spiro atoms. The SMILES string of the molecule is COc1ccc(C(OC[C@H]2O[C@@H](c3cccc(F)c3F)C[C@@H]2OP(OCCC#N)N(C(C)C)C(C)C)(c2ccccc2)c2ccc(OC)cc2)cc1. The number of nitrogens with zero attached hydrogens (tertiary/aromatic N) is 2. The van der Waals surface area contributed by atoms with Gasteiger partial charge < -0.3 is 28.0 Å². The largest absolute Gasteiger partial charge is 0.497 e. The molecular weight excluding hydrogens is 685 g/mol. The molecule has 5 rings (SSSR count). The molecule has 1 fully saturated rings. The number of ether oxygens (including phenoxy) is 4. The van der Waals surface area contributed by atoms with Crippen molar-refractivity contribution in [1.82, 2.24) is 4.67 Å². The third-order valence-electron chi connectivity index (χ3n) is 9.05. The maximum atomic E-state index is 15.3. The van der Waals surface area contributed by atoms with E-state index in [0.29, 0.717) is 11.5 Å². The van der Waals surface area contributed by atoms with Crippen LogP contribution in [0, 0.1) is 23.0 Å². The summed E-state index contributed by atoms with van der Waals surface area (Å²) in [6, 6.07) is 31.6. The molecule has 8 nitrogen and oxygen atoms in total. The minimum absolute atomic E-state index is 0.00970. The number of halogens is 2. The van der Waals surface area contributed by atoms with E-state index < -0.39 is 44.1 Å². The molecule has 0 bridgehead atoms. The normalized spacial score (nSPS) is 18.2. The van der Waals surface area contributed by atoms with Gasteiger partial charge in [0.1, 0.15) is 23.2 Å². The number of hydrogen-bond donors (Lipinski definition) is 0. The van der Waals surface area contributed by atoms with Gasteiger partial charge in [-0.05, 0) is 74.7 Å². The summed E-state index contributed by atoms with van der Waals surface area (Å²) in [5.41, 5.74) is 1.49. The van der Waals surface area contributed by atoms with Crippen LogP contribution in [-0.2, 0) is 24.1 Å². The van der Waals surface area contributed by atoms with E-state index in [1.165, 1.54) is 12.1 Å². The van der Waals surface area contributed by atoms with Crippen LogP contribution in [0.15, 0.2) is 97.1 Å². The molecule has 0 N–H and O–H groups in total. The van der Waals surface area contributed by atoms with Gasteiger partial charge >= 0.3 is 0 Å². The molecule has 1 aliphatic heterocycles. The van der Waals surface area contributed by atoms with Gasteiger partial charge in [0.2, 0.25) is 0 Å². The monoisotopic (exact) mass is 732 g/mol. The molecule has 0 saturated carbocycles. The van der Waals surface area contributed by atoms with Gasteiger partial charge in [0.15, 0.2) is 11.6 Å². The molecule has 1 saturated heterocycles. The summed E-state index contributed by atoms with van der Waals surface area (Å²) in [6.45, 7) is 8.42. The van der Waals surface area contributed by atoms with E-state index in [0.717, 1.165) is 22.8 Å². The smallest absolute Gasteiger partial charge is 0.259 e. The standard InChI is InChI=1S/C41H47F2N2O6P/c1-28(2)45(29(3)4)52(49-25-11-24-44)51-38-26-37(35-14-10-15-36(42)40(35)43)50-39(38)27-48-41(30-12-8-7-9-13-30,31-16-20-33(46-5)21-17-31)32-18-22-34(47-6)23-19-32/h7-10,12-23,28-29,37-39H,11,25-27H2,1-6H3/t37-,38+,39-,52?/m1/s1. The minimum Gasteiger partial charge on any atom is -0.497 e. The van der Waals surface area contributed by atoms with E-state index in [-0.39, 0.29) is 43.7 Å². The summed E-state index contributed by atoms with van der Waals surface area (Å²) in [5.74, 6) is -0.523. The predicted molar refractivity (Wildman–Crippen MR) is 197 cm³/mol. The van der Waals surface area contributed by atoms with Crippen molar-refractivity contribution in [1.29, 1.82) is 5.26 Å². The summed E-state index contributed by atoms with van der Waals surface area (Å²) >= 11 is 0. The van der Waals surface area contributed by atoms with Crippen molar-refractivity contribution < 1.29 is 36.8 Å².